The van der Waals surface area contributed by atoms with Crippen molar-refractivity contribution in [1.82, 2.24) is 10.3 Å². The summed E-state index contributed by atoms with van der Waals surface area (Å²) in [4.78, 5) is 16.7. The Balaban J connectivity index is 1.58. The first kappa shape index (κ1) is 14.1. The quantitative estimate of drug-likeness (QED) is 0.906. The summed E-state index contributed by atoms with van der Waals surface area (Å²) in [5.74, 6) is 0.511. The fourth-order valence-corrected chi connectivity index (χ4v) is 3.05. The molecule has 1 heterocycles. The molecule has 2 aliphatic carbocycles. The Morgan fingerprint density at radius 1 is 1.27 bits per heavy atom. The molecular weight excluding hydrogens is 323 g/mol. The highest BCUT2D eigenvalue weighted by Crippen LogP contribution is 2.47. The number of hydrogen-bond acceptors (Lipinski definition) is 3. The molecule has 22 heavy (non-hydrogen) atoms. The number of benzene rings is 1. The highest BCUT2D eigenvalue weighted by Gasteiger charge is 2.47. The number of carbonyl (C=O) groups is 1. The fourth-order valence-electron chi connectivity index (χ4n) is 2.75. The number of nitrogens with zero attached hydrogens (tertiary/aromatic N) is 1. The SMILES string of the molecule is O=C(NC1(c2ccc(Cl)c(Cl)c2)CC1)c1ocnc1C1CC1. The molecule has 4 rings (SSSR count). The van der Waals surface area contributed by atoms with Crippen LogP contribution in [0.5, 0.6) is 0 Å². The van der Waals surface area contributed by atoms with Crippen molar-refractivity contribution >= 4 is 29.1 Å². The van der Waals surface area contributed by atoms with Gasteiger partial charge in [-0.25, -0.2) is 4.98 Å². The molecule has 0 atom stereocenters. The zero-order chi connectivity index (χ0) is 15.3. The Kier molecular flexibility index (Phi) is 3.20. The maximum atomic E-state index is 12.5. The summed E-state index contributed by atoms with van der Waals surface area (Å²) in [7, 11) is 0. The molecule has 2 aliphatic rings. The number of hydrogen-bond donors (Lipinski definition) is 1. The van der Waals surface area contributed by atoms with E-state index in [1.165, 1.54) is 6.39 Å². The van der Waals surface area contributed by atoms with Gasteiger partial charge in [0.05, 0.1) is 21.3 Å². The normalized spacial score (nSPS) is 19.0. The summed E-state index contributed by atoms with van der Waals surface area (Å²) in [6.07, 6.45) is 5.25. The van der Waals surface area contributed by atoms with Crippen molar-refractivity contribution in [2.75, 3.05) is 0 Å². The van der Waals surface area contributed by atoms with E-state index in [-0.39, 0.29) is 11.4 Å². The van der Waals surface area contributed by atoms with Crippen LogP contribution in [0.3, 0.4) is 0 Å². The van der Waals surface area contributed by atoms with E-state index in [0.717, 1.165) is 36.9 Å². The average molecular weight is 337 g/mol. The van der Waals surface area contributed by atoms with Gasteiger partial charge >= 0.3 is 0 Å². The summed E-state index contributed by atoms with van der Waals surface area (Å²) in [5, 5.41) is 4.09. The standard InChI is InChI=1S/C16H14Cl2N2O2/c17-11-4-3-10(7-12(11)18)16(5-6-16)20-15(21)14-13(9-1-2-9)19-8-22-14/h3-4,7-9H,1-2,5-6H2,(H,20,21). The fraction of sp³-hybridized carbons (Fsp3) is 0.375. The maximum Gasteiger partial charge on any atom is 0.289 e. The molecule has 2 aromatic rings. The Hall–Kier alpha value is -1.52. The van der Waals surface area contributed by atoms with Crippen molar-refractivity contribution in [3.05, 3.63) is 51.7 Å². The monoisotopic (exact) mass is 336 g/mol. The molecule has 1 aromatic carbocycles. The molecule has 1 aromatic heterocycles. The second kappa shape index (κ2) is 5.00. The third-order valence-electron chi connectivity index (χ3n) is 4.34. The second-order valence-corrected chi connectivity index (χ2v) is 6.82. The molecule has 114 valence electrons. The van der Waals surface area contributed by atoms with E-state index >= 15 is 0 Å². The van der Waals surface area contributed by atoms with Crippen LogP contribution in [0.2, 0.25) is 10.0 Å². The first-order valence-electron chi connectivity index (χ1n) is 7.30. The lowest BCUT2D eigenvalue weighted by atomic mass is 10.0. The van der Waals surface area contributed by atoms with Crippen LogP contribution in [0.4, 0.5) is 0 Å². The molecule has 6 heteroatoms. The van der Waals surface area contributed by atoms with Crippen molar-refractivity contribution in [2.24, 2.45) is 0 Å². The smallest absolute Gasteiger partial charge is 0.289 e. The number of aromatic nitrogens is 1. The lowest BCUT2D eigenvalue weighted by molar-refractivity contribution is 0.0901. The van der Waals surface area contributed by atoms with Gasteiger partial charge in [0.2, 0.25) is 5.76 Å². The van der Waals surface area contributed by atoms with E-state index in [9.17, 15) is 4.79 Å². The van der Waals surface area contributed by atoms with Crippen LogP contribution in [0.25, 0.3) is 0 Å². The van der Waals surface area contributed by atoms with Gasteiger partial charge in [0.15, 0.2) is 6.39 Å². The number of rotatable bonds is 4. The molecule has 2 saturated carbocycles. The summed E-state index contributed by atoms with van der Waals surface area (Å²) >= 11 is 12.0. The van der Waals surface area contributed by atoms with Gasteiger partial charge in [0.25, 0.3) is 5.91 Å². The summed E-state index contributed by atoms with van der Waals surface area (Å²) in [6, 6.07) is 5.48. The van der Waals surface area contributed by atoms with Crippen LogP contribution < -0.4 is 5.32 Å². The van der Waals surface area contributed by atoms with Crippen LogP contribution in [0.15, 0.2) is 29.0 Å². The molecule has 2 fully saturated rings. The van der Waals surface area contributed by atoms with Crippen molar-refractivity contribution in [2.45, 2.75) is 37.1 Å². The van der Waals surface area contributed by atoms with E-state index in [1.54, 1.807) is 6.07 Å². The minimum atomic E-state index is -0.362. The predicted molar refractivity (Wildman–Crippen MR) is 83.3 cm³/mol. The number of oxazole rings is 1. The van der Waals surface area contributed by atoms with Crippen LogP contribution >= 0.6 is 23.2 Å². The number of halogens is 2. The number of nitrogens with one attached hydrogen (secondary N) is 1. The molecule has 0 radical (unpaired) electrons. The van der Waals surface area contributed by atoms with Gasteiger partial charge in [0, 0.05) is 5.92 Å². The molecule has 0 bridgehead atoms. The van der Waals surface area contributed by atoms with Gasteiger partial charge < -0.3 is 9.73 Å². The maximum absolute atomic E-state index is 12.5. The predicted octanol–water partition coefficient (Wildman–Crippen LogP) is 4.28. The Bertz CT molecular complexity index is 748. The third-order valence-corrected chi connectivity index (χ3v) is 5.08. The number of carbonyl (C=O) groups excluding carboxylic acids is 1. The molecule has 0 saturated heterocycles. The highest BCUT2D eigenvalue weighted by molar-refractivity contribution is 6.42. The van der Waals surface area contributed by atoms with E-state index in [1.807, 2.05) is 12.1 Å². The topological polar surface area (TPSA) is 55.1 Å². The average Bonchev–Trinajstić information content (AvgIpc) is 3.42. The lowest BCUT2D eigenvalue weighted by Crippen LogP contribution is -2.35. The van der Waals surface area contributed by atoms with Gasteiger partial charge in [-0.3, -0.25) is 4.79 Å². The third kappa shape index (κ3) is 2.40. The van der Waals surface area contributed by atoms with Crippen LogP contribution in [0, 0.1) is 0 Å². The zero-order valence-electron chi connectivity index (χ0n) is 11.7. The van der Waals surface area contributed by atoms with Gasteiger partial charge in [-0.05, 0) is 43.4 Å². The van der Waals surface area contributed by atoms with Crippen LogP contribution in [0.1, 0.15) is 53.4 Å². The Morgan fingerprint density at radius 2 is 2.05 bits per heavy atom. The summed E-state index contributed by atoms with van der Waals surface area (Å²) in [6.45, 7) is 0. The zero-order valence-corrected chi connectivity index (χ0v) is 13.2. The Morgan fingerprint density at radius 3 is 2.68 bits per heavy atom. The van der Waals surface area contributed by atoms with Crippen molar-refractivity contribution in [3.8, 4) is 0 Å². The van der Waals surface area contributed by atoms with E-state index in [4.69, 9.17) is 27.6 Å². The lowest BCUT2D eigenvalue weighted by Gasteiger charge is -2.18. The van der Waals surface area contributed by atoms with Crippen molar-refractivity contribution in [1.29, 1.82) is 0 Å². The van der Waals surface area contributed by atoms with Crippen LogP contribution in [-0.2, 0) is 5.54 Å². The second-order valence-electron chi connectivity index (χ2n) is 6.01. The minimum absolute atomic E-state index is 0.206. The van der Waals surface area contributed by atoms with Crippen LogP contribution in [-0.4, -0.2) is 10.9 Å². The van der Waals surface area contributed by atoms with Gasteiger partial charge in [-0.15, -0.1) is 0 Å². The van der Waals surface area contributed by atoms with Gasteiger partial charge in [-0.1, -0.05) is 29.3 Å². The van der Waals surface area contributed by atoms with E-state index in [2.05, 4.69) is 10.3 Å². The highest BCUT2D eigenvalue weighted by atomic mass is 35.5. The van der Waals surface area contributed by atoms with E-state index in [0.29, 0.717) is 21.7 Å². The number of amides is 1. The largest absolute Gasteiger partial charge is 0.438 e. The molecule has 1 amide bonds. The summed E-state index contributed by atoms with van der Waals surface area (Å²) < 4.78 is 5.31. The summed E-state index contributed by atoms with van der Waals surface area (Å²) in [5.41, 5.74) is 1.39. The van der Waals surface area contributed by atoms with Gasteiger partial charge in [-0.2, -0.15) is 0 Å². The molecule has 1 N–H and O–H groups in total. The van der Waals surface area contributed by atoms with Gasteiger partial charge in [0.1, 0.15) is 0 Å². The first-order chi connectivity index (χ1) is 10.6. The molecule has 0 unspecified atom stereocenters. The minimum Gasteiger partial charge on any atom is -0.438 e. The van der Waals surface area contributed by atoms with E-state index < -0.39 is 0 Å². The van der Waals surface area contributed by atoms with Crippen molar-refractivity contribution < 1.29 is 9.21 Å². The Labute approximate surface area is 137 Å². The molecule has 0 aliphatic heterocycles. The van der Waals surface area contributed by atoms with Crippen molar-refractivity contribution in [3.63, 3.8) is 0 Å². The molecule has 0 spiro atoms. The first-order valence-corrected chi connectivity index (χ1v) is 8.06. The molecular formula is C16H14Cl2N2O2. The molecule has 4 nitrogen and oxygen atoms in total.